The van der Waals surface area contributed by atoms with Crippen molar-refractivity contribution in [3.05, 3.63) is 47.5 Å². The molecule has 19 heavy (non-hydrogen) atoms. The van der Waals surface area contributed by atoms with Crippen LogP contribution in [0.15, 0.2) is 36.4 Å². The number of rotatable bonds is 1. The van der Waals surface area contributed by atoms with E-state index in [1.54, 1.807) is 24.3 Å². The summed E-state index contributed by atoms with van der Waals surface area (Å²) in [5.74, 6) is 0.346. The summed E-state index contributed by atoms with van der Waals surface area (Å²) in [5, 5.41) is 26.5. The second-order valence-electron chi connectivity index (χ2n) is 4.09. The molecule has 2 rings (SSSR count). The summed E-state index contributed by atoms with van der Waals surface area (Å²) < 4.78 is 0. The second kappa shape index (κ2) is 6.51. The molecule has 102 valence electrons. The van der Waals surface area contributed by atoms with Gasteiger partial charge < -0.3 is 26.8 Å². The monoisotopic (exact) mass is 262 g/mol. The molecule has 0 radical (unpaired) electrons. The molecular weight excluding hydrogens is 244 g/mol. The number of benzene rings is 2. The van der Waals surface area contributed by atoms with E-state index in [9.17, 15) is 0 Å². The number of phenols is 2. The van der Waals surface area contributed by atoms with E-state index in [1.165, 1.54) is 12.1 Å². The first-order valence-corrected chi connectivity index (χ1v) is 5.67. The van der Waals surface area contributed by atoms with Crippen LogP contribution in [0.4, 0.5) is 11.4 Å². The number of anilines is 2. The summed E-state index contributed by atoms with van der Waals surface area (Å²) >= 11 is 0. The summed E-state index contributed by atoms with van der Waals surface area (Å²) in [7, 11) is 0. The third-order valence-corrected chi connectivity index (χ3v) is 2.53. The standard InChI is InChI=1S/C7H9NO2.C7H9NO/c8-6-1-2-7(10)5(3-6)4-9;1-5-4-6(9)2-3-7(5)8/h1-3,9-10H,4,8H2;2-4,9H,8H2,1H3. The molecular formula is C14H18N2O3. The van der Waals surface area contributed by atoms with Gasteiger partial charge in [0.05, 0.1) is 6.61 Å². The third kappa shape index (κ3) is 4.40. The van der Waals surface area contributed by atoms with E-state index in [0.717, 1.165) is 5.56 Å². The molecule has 0 saturated carbocycles. The molecule has 0 aliphatic carbocycles. The Balaban J connectivity index is 0.000000191. The lowest BCUT2D eigenvalue weighted by Crippen LogP contribution is -1.88. The molecule has 0 aromatic heterocycles. The molecule has 5 heteroatoms. The van der Waals surface area contributed by atoms with E-state index >= 15 is 0 Å². The molecule has 2 aromatic carbocycles. The highest BCUT2D eigenvalue weighted by Gasteiger charge is 1.97. The maximum Gasteiger partial charge on any atom is 0.121 e. The number of phenolic OH excluding ortho intramolecular Hbond substituents is 1. The van der Waals surface area contributed by atoms with Gasteiger partial charge in [0.15, 0.2) is 0 Å². The van der Waals surface area contributed by atoms with E-state index in [4.69, 9.17) is 26.8 Å². The van der Waals surface area contributed by atoms with Crippen molar-refractivity contribution in [1.82, 2.24) is 0 Å². The fourth-order valence-corrected chi connectivity index (χ4v) is 1.39. The zero-order valence-corrected chi connectivity index (χ0v) is 10.7. The maximum atomic E-state index is 9.02. The molecule has 0 fully saturated rings. The van der Waals surface area contributed by atoms with Gasteiger partial charge in [-0.05, 0) is 48.9 Å². The van der Waals surface area contributed by atoms with Gasteiger partial charge in [0, 0.05) is 16.9 Å². The lowest BCUT2D eigenvalue weighted by Gasteiger charge is -2.00. The topological polar surface area (TPSA) is 113 Å². The van der Waals surface area contributed by atoms with Crippen LogP contribution < -0.4 is 11.5 Å². The number of aromatic hydroxyl groups is 2. The van der Waals surface area contributed by atoms with Crippen molar-refractivity contribution in [3.63, 3.8) is 0 Å². The Morgan fingerprint density at radius 1 is 1.00 bits per heavy atom. The van der Waals surface area contributed by atoms with Crippen molar-refractivity contribution in [3.8, 4) is 11.5 Å². The van der Waals surface area contributed by atoms with Crippen LogP contribution in [-0.2, 0) is 6.61 Å². The highest BCUT2D eigenvalue weighted by atomic mass is 16.3. The molecule has 0 aliphatic heterocycles. The molecule has 0 spiro atoms. The van der Waals surface area contributed by atoms with Crippen molar-refractivity contribution >= 4 is 11.4 Å². The molecule has 0 atom stereocenters. The van der Waals surface area contributed by atoms with Crippen LogP contribution in [-0.4, -0.2) is 15.3 Å². The van der Waals surface area contributed by atoms with Crippen LogP contribution in [0.2, 0.25) is 0 Å². The largest absolute Gasteiger partial charge is 0.508 e. The van der Waals surface area contributed by atoms with Gasteiger partial charge in [-0.2, -0.15) is 0 Å². The number of nitrogens with two attached hydrogens (primary N) is 2. The normalized spacial score (nSPS) is 9.58. The van der Waals surface area contributed by atoms with Gasteiger partial charge in [0.2, 0.25) is 0 Å². The molecule has 5 nitrogen and oxygen atoms in total. The molecule has 0 heterocycles. The Bertz CT molecular complexity index is 556. The zero-order valence-electron chi connectivity index (χ0n) is 10.7. The number of hydrogen-bond acceptors (Lipinski definition) is 5. The van der Waals surface area contributed by atoms with E-state index in [-0.39, 0.29) is 18.1 Å². The zero-order chi connectivity index (χ0) is 14.4. The average Bonchev–Trinajstić information content (AvgIpc) is 2.38. The van der Waals surface area contributed by atoms with Crippen molar-refractivity contribution in [2.75, 3.05) is 11.5 Å². The minimum absolute atomic E-state index is 0.0803. The molecule has 0 aliphatic rings. The quantitative estimate of drug-likeness (QED) is 0.397. The summed E-state index contributed by atoms with van der Waals surface area (Å²) in [5.41, 5.74) is 13.5. The number of hydrogen-bond donors (Lipinski definition) is 5. The SMILES string of the molecule is Cc1cc(O)ccc1N.Nc1ccc(O)c(CO)c1. The fourth-order valence-electron chi connectivity index (χ4n) is 1.39. The van der Waals surface area contributed by atoms with Gasteiger partial charge in [-0.3, -0.25) is 0 Å². The molecule has 0 unspecified atom stereocenters. The summed E-state index contributed by atoms with van der Waals surface area (Å²) in [6.45, 7) is 1.67. The summed E-state index contributed by atoms with van der Waals surface area (Å²) in [6.07, 6.45) is 0. The van der Waals surface area contributed by atoms with Crippen LogP contribution in [0, 0.1) is 6.92 Å². The predicted molar refractivity (Wildman–Crippen MR) is 75.7 cm³/mol. The van der Waals surface area contributed by atoms with Crippen molar-refractivity contribution < 1.29 is 15.3 Å². The Kier molecular flexibility index (Phi) is 5.02. The molecule has 2 aromatic rings. The van der Waals surface area contributed by atoms with E-state index in [0.29, 0.717) is 16.9 Å². The lowest BCUT2D eigenvalue weighted by atomic mass is 10.2. The van der Waals surface area contributed by atoms with E-state index < -0.39 is 0 Å². The highest BCUT2D eigenvalue weighted by Crippen LogP contribution is 2.19. The van der Waals surface area contributed by atoms with Crippen LogP contribution in [0.3, 0.4) is 0 Å². The molecule has 0 amide bonds. The first kappa shape index (κ1) is 14.7. The van der Waals surface area contributed by atoms with Gasteiger partial charge in [0.1, 0.15) is 11.5 Å². The van der Waals surface area contributed by atoms with Gasteiger partial charge in [-0.15, -0.1) is 0 Å². The van der Waals surface area contributed by atoms with Crippen LogP contribution in [0.5, 0.6) is 11.5 Å². The van der Waals surface area contributed by atoms with E-state index in [1.807, 2.05) is 6.92 Å². The van der Waals surface area contributed by atoms with Crippen LogP contribution in [0.25, 0.3) is 0 Å². The van der Waals surface area contributed by atoms with Crippen molar-refractivity contribution in [1.29, 1.82) is 0 Å². The minimum Gasteiger partial charge on any atom is -0.508 e. The molecule has 0 saturated heterocycles. The van der Waals surface area contributed by atoms with Gasteiger partial charge >= 0.3 is 0 Å². The first-order chi connectivity index (χ1) is 8.93. The molecule has 7 N–H and O–H groups in total. The fraction of sp³-hybridized carbons (Fsp3) is 0.143. The van der Waals surface area contributed by atoms with E-state index in [2.05, 4.69) is 0 Å². The average molecular weight is 262 g/mol. The Labute approximate surface area is 111 Å². The number of nitrogen functional groups attached to an aromatic ring is 2. The predicted octanol–water partition coefficient (Wildman–Crippen LogP) is 1.75. The first-order valence-electron chi connectivity index (χ1n) is 5.67. The number of aliphatic hydroxyl groups is 1. The summed E-state index contributed by atoms with van der Waals surface area (Å²) in [6, 6.07) is 9.47. The number of aryl methyl sites for hydroxylation is 1. The smallest absolute Gasteiger partial charge is 0.121 e. The molecule has 0 bridgehead atoms. The lowest BCUT2D eigenvalue weighted by molar-refractivity contribution is 0.275. The summed E-state index contributed by atoms with van der Waals surface area (Å²) in [4.78, 5) is 0. The van der Waals surface area contributed by atoms with Gasteiger partial charge in [-0.25, -0.2) is 0 Å². The Hall–Kier alpha value is -2.40. The van der Waals surface area contributed by atoms with Gasteiger partial charge in [0.25, 0.3) is 0 Å². The Morgan fingerprint density at radius 2 is 1.68 bits per heavy atom. The van der Waals surface area contributed by atoms with Crippen molar-refractivity contribution in [2.24, 2.45) is 0 Å². The van der Waals surface area contributed by atoms with Crippen LogP contribution >= 0.6 is 0 Å². The van der Waals surface area contributed by atoms with Crippen LogP contribution in [0.1, 0.15) is 11.1 Å². The minimum atomic E-state index is -0.184. The van der Waals surface area contributed by atoms with Gasteiger partial charge in [-0.1, -0.05) is 0 Å². The third-order valence-electron chi connectivity index (χ3n) is 2.53. The number of aliphatic hydroxyl groups excluding tert-OH is 1. The second-order valence-corrected chi connectivity index (χ2v) is 4.09. The highest BCUT2D eigenvalue weighted by molar-refractivity contribution is 5.49. The van der Waals surface area contributed by atoms with Crippen molar-refractivity contribution in [2.45, 2.75) is 13.5 Å². The Morgan fingerprint density at radius 3 is 2.16 bits per heavy atom. The maximum absolute atomic E-state index is 9.02.